The van der Waals surface area contributed by atoms with Crippen LogP contribution < -0.4 is 5.73 Å². The zero-order valence-electron chi connectivity index (χ0n) is 6.42. The number of rotatable bonds is 2. The fourth-order valence-electron chi connectivity index (χ4n) is 1.19. The lowest BCUT2D eigenvalue weighted by Gasteiger charge is -2.23. The van der Waals surface area contributed by atoms with E-state index < -0.39 is 30.7 Å². The number of ether oxygens (including phenoxy) is 1. The molecule has 0 aromatic rings. The van der Waals surface area contributed by atoms with Crippen molar-refractivity contribution < 1.29 is 25.2 Å². The van der Waals surface area contributed by atoms with Gasteiger partial charge in [0.05, 0.1) is 6.61 Å². The zero-order chi connectivity index (χ0) is 9.35. The van der Waals surface area contributed by atoms with Crippen LogP contribution in [-0.4, -0.2) is 57.7 Å². The molecule has 1 rings (SSSR count). The quantitative estimate of drug-likeness (QED) is 0.304. The van der Waals surface area contributed by atoms with Crippen molar-refractivity contribution in [2.75, 3.05) is 13.2 Å². The van der Waals surface area contributed by atoms with Crippen molar-refractivity contribution in [2.24, 2.45) is 5.73 Å². The first-order valence-electron chi connectivity index (χ1n) is 3.62. The fourth-order valence-corrected chi connectivity index (χ4v) is 1.19. The Morgan fingerprint density at radius 1 is 1.42 bits per heavy atom. The minimum absolute atomic E-state index is 0.332. The predicted molar refractivity (Wildman–Crippen MR) is 38.0 cm³/mol. The van der Waals surface area contributed by atoms with E-state index in [2.05, 4.69) is 0 Å². The highest BCUT2D eigenvalue weighted by molar-refractivity contribution is 4.95. The Morgan fingerprint density at radius 3 is 2.25 bits per heavy atom. The molecule has 1 heterocycles. The lowest BCUT2D eigenvalue weighted by Crippen LogP contribution is -2.48. The van der Waals surface area contributed by atoms with Gasteiger partial charge in [-0.1, -0.05) is 0 Å². The molecule has 0 aromatic carbocycles. The van der Waals surface area contributed by atoms with Crippen molar-refractivity contribution in [1.29, 1.82) is 0 Å². The Balaban J connectivity index is 2.72. The molecule has 12 heavy (non-hydrogen) atoms. The van der Waals surface area contributed by atoms with Gasteiger partial charge in [0.15, 0.2) is 0 Å². The number of nitrogens with two attached hydrogens (primary N) is 1. The van der Waals surface area contributed by atoms with Gasteiger partial charge in [-0.3, -0.25) is 0 Å². The molecule has 6 N–H and O–H groups in total. The van der Waals surface area contributed by atoms with Gasteiger partial charge < -0.3 is 30.9 Å². The van der Waals surface area contributed by atoms with Gasteiger partial charge in [-0.2, -0.15) is 0 Å². The first-order chi connectivity index (χ1) is 5.55. The average Bonchev–Trinajstić information content (AvgIpc) is 2.31. The number of hydrogen-bond donors (Lipinski definition) is 5. The van der Waals surface area contributed by atoms with Crippen LogP contribution in [0.15, 0.2) is 0 Å². The Bertz CT molecular complexity index is 166. The standard InChI is InChI=1S/C6H13NO5/c7-2-6(11)5(10)4(9)3(1-8)12-6/h3-5,8-11H,1-2,7H2/t3-,4?,5?,6?/m1/s1. The van der Waals surface area contributed by atoms with E-state index in [1.54, 1.807) is 0 Å². The van der Waals surface area contributed by atoms with E-state index in [0.717, 1.165) is 0 Å². The topological polar surface area (TPSA) is 116 Å². The van der Waals surface area contributed by atoms with Crippen LogP contribution in [0.5, 0.6) is 0 Å². The summed E-state index contributed by atoms with van der Waals surface area (Å²) in [7, 11) is 0. The smallest absolute Gasteiger partial charge is 0.207 e. The number of aliphatic hydroxyl groups is 4. The largest absolute Gasteiger partial charge is 0.394 e. The average molecular weight is 179 g/mol. The van der Waals surface area contributed by atoms with Crippen LogP contribution in [0.1, 0.15) is 0 Å². The zero-order valence-corrected chi connectivity index (χ0v) is 6.42. The van der Waals surface area contributed by atoms with Crippen molar-refractivity contribution in [1.82, 2.24) is 0 Å². The molecule has 4 atom stereocenters. The molecule has 72 valence electrons. The van der Waals surface area contributed by atoms with Gasteiger partial charge in [-0.15, -0.1) is 0 Å². The highest BCUT2D eigenvalue weighted by Gasteiger charge is 2.52. The molecule has 0 bridgehead atoms. The van der Waals surface area contributed by atoms with Gasteiger partial charge in [0.25, 0.3) is 0 Å². The highest BCUT2D eigenvalue weighted by atomic mass is 16.7. The number of aliphatic hydroxyl groups excluding tert-OH is 3. The van der Waals surface area contributed by atoms with E-state index in [-0.39, 0.29) is 6.54 Å². The monoisotopic (exact) mass is 179 g/mol. The van der Waals surface area contributed by atoms with E-state index in [0.29, 0.717) is 0 Å². The molecule has 6 heteroatoms. The summed E-state index contributed by atoms with van der Waals surface area (Å²) in [6.07, 6.45) is -3.75. The Morgan fingerprint density at radius 2 is 2.00 bits per heavy atom. The molecule has 6 nitrogen and oxygen atoms in total. The summed E-state index contributed by atoms with van der Waals surface area (Å²) in [6, 6.07) is 0. The van der Waals surface area contributed by atoms with E-state index >= 15 is 0 Å². The molecule has 0 aromatic heterocycles. The molecule has 1 aliphatic heterocycles. The fraction of sp³-hybridized carbons (Fsp3) is 1.00. The molecule has 1 saturated heterocycles. The molecule has 0 radical (unpaired) electrons. The van der Waals surface area contributed by atoms with Crippen LogP contribution in [0.2, 0.25) is 0 Å². The third-order valence-electron chi connectivity index (χ3n) is 1.99. The Kier molecular flexibility index (Phi) is 2.67. The summed E-state index contributed by atoms with van der Waals surface area (Å²) in [5.41, 5.74) is 5.11. The molecule has 0 amide bonds. The molecule has 0 saturated carbocycles. The lowest BCUT2D eigenvalue weighted by atomic mass is 10.1. The van der Waals surface area contributed by atoms with Crippen molar-refractivity contribution in [2.45, 2.75) is 24.1 Å². The van der Waals surface area contributed by atoms with E-state index in [1.165, 1.54) is 0 Å². The molecular weight excluding hydrogens is 166 g/mol. The number of hydrogen-bond acceptors (Lipinski definition) is 6. The molecule has 0 aliphatic carbocycles. The molecule has 1 fully saturated rings. The van der Waals surface area contributed by atoms with Gasteiger partial charge in [-0.25, -0.2) is 0 Å². The first kappa shape index (κ1) is 9.85. The highest BCUT2D eigenvalue weighted by Crippen LogP contribution is 2.27. The summed E-state index contributed by atoms with van der Waals surface area (Å²) in [5, 5.41) is 36.4. The summed E-state index contributed by atoms with van der Waals surface area (Å²) < 4.78 is 4.75. The van der Waals surface area contributed by atoms with Crippen LogP contribution in [0, 0.1) is 0 Å². The maximum atomic E-state index is 9.37. The van der Waals surface area contributed by atoms with E-state index in [4.69, 9.17) is 15.6 Å². The first-order valence-corrected chi connectivity index (χ1v) is 3.62. The minimum Gasteiger partial charge on any atom is -0.394 e. The van der Waals surface area contributed by atoms with Gasteiger partial charge in [-0.05, 0) is 0 Å². The van der Waals surface area contributed by atoms with Crippen LogP contribution in [0.25, 0.3) is 0 Å². The summed E-state index contributed by atoms with van der Waals surface area (Å²) in [4.78, 5) is 0. The van der Waals surface area contributed by atoms with Gasteiger partial charge >= 0.3 is 0 Å². The van der Waals surface area contributed by atoms with E-state index in [1.807, 2.05) is 0 Å². The third kappa shape index (κ3) is 1.33. The SMILES string of the molecule is NCC1(O)O[C@H](CO)C(O)C1O. The Labute approximate surface area is 69.2 Å². The van der Waals surface area contributed by atoms with Crippen LogP contribution in [-0.2, 0) is 4.74 Å². The van der Waals surface area contributed by atoms with E-state index in [9.17, 15) is 15.3 Å². The molecule has 3 unspecified atom stereocenters. The third-order valence-corrected chi connectivity index (χ3v) is 1.99. The predicted octanol–water partition coefficient (Wildman–Crippen LogP) is -3.25. The van der Waals surface area contributed by atoms with Crippen molar-refractivity contribution in [3.8, 4) is 0 Å². The minimum atomic E-state index is -1.94. The molecule has 1 aliphatic rings. The lowest BCUT2D eigenvalue weighted by molar-refractivity contribution is -0.222. The summed E-state index contributed by atoms with van der Waals surface area (Å²) in [6.45, 7) is -0.803. The molecule has 0 spiro atoms. The maximum Gasteiger partial charge on any atom is 0.207 e. The van der Waals surface area contributed by atoms with Crippen LogP contribution in [0.4, 0.5) is 0 Å². The maximum absolute atomic E-state index is 9.37. The second-order valence-corrected chi connectivity index (χ2v) is 2.82. The second kappa shape index (κ2) is 3.25. The second-order valence-electron chi connectivity index (χ2n) is 2.82. The molecular formula is C6H13NO5. The van der Waals surface area contributed by atoms with Crippen LogP contribution in [0.3, 0.4) is 0 Å². The van der Waals surface area contributed by atoms with Crippen LogP contribution >= 0.6 is 0 Å². The van der Waals surface area contributed by atoms with Gasteiger partial charge in [0.2, 0.25) is 5.79 Å². The normalized spacial score (nSPS) is 48.2. The Hall–Kier alpha value is -0.240. The van der Waals surface area contributed by atoms with Crippen molar-refractivity contribution in [3.05, 3.63) is 0 Å². The van der Waals surface area contributed by atoms with Crippen molar-refractivity contribution >= 4 is 0 Å². The van der Waals surface area contributed by atoms with Gasteiger partial charge in [0, 0.05) is 6.54 Å². The summed E-state index contributed by atoms with van der Waals surface area (Å²) in [5.74, 6) is -1.94. The summed E-state index contributed by atoms with van der Waals surface area (Å²) >= 11 is 0. The van der Waals surface area contributed by atoms with Crippen molar-refractivity contribution in [3.63, 3.8) is 0 Å². The van der Waals surface area contributed by atoms with Gasteiger partial charge in [0.1, 0.15) is 18.3 Å².